The second-order valence-electron chi connectivity index (χ2n) is 5.41. The predicted octanol–water partition coefficient (Wildman–Crippen LogP) is 1.20. The van der Waals surface area contributed by atoms with Crippen molar-refractivity contribution in [2.75, 3.05) is 32.1 Å². The highest BCUT2D eigenvalue weighted by molar-refractivity contribution is 6.01. The van der Waals surface area contributed by atoms with Crippen LogP contribution in [0.3, 0.4) is 0 Å². The van der Waals surface area contributed by atoms with E-state index in [4.69, 9.17) is 11.1 Å². The van der Waals surface area contributed by atoms with Crippen molar-refractivity contribution in [3.05, 3.63) is 23.4 Å². The van der Waals surface area contributed by atoms with Crippen molar-refractivity contribution in [1.82, 2.24) is 9.88 Å². The monoisotopic (exact) mass is 261 g/mol. The molecule has 5 nitrogen and oxygen atoms in total. The van der Waals surface area contributed by atoms with Crippen molar-refractivity contribution < 1.29 is 0 Å². The molecule has 19 heavy (non-hydrogen) atoms. The number of anilines is 1. The number of hydrogen-bond donors (Lipinski definition) is 2. The summed E-state index contributed by atoms with van der Waals surface area (Å²) in [5.74, 6) is 0.921. The zero-order chi connectivity index (χ0) is 14.0. The van der Waals surface area contributed by atoms with E-state index in [2.05, 4.69) is 28.9 Å². The maximum atomic E-state index is 7.76. The number of aromatic nitrogens is 1. The molecule has 1 aliphatic rings. The highest BCUT2D eigenvalue weighted by Crippen LogP contribution is 2.24. The van der Waals surface area contributed by atoms with Crippen LogP contribution in [0.1, 0.15) is 24.0 Å². The standard InChI is InChI=1S/C14H23N5/c1-10-6-7-17-14(12(10)13(15)16)19(3)11-5-4-8-18(2)9-11/h6-7,11H,4-5,8-9H2,1-3H3,(H3,15,16). The summed E-state index contributed by atoms with van der Waals surface area (Å²) in [4.78, 5) is 8.97. The number of nitrogens with two attached hydrogens (primary N) is 1. The zero-order valence-electron chi connectivity index (χ0n) is 12.0. The van der Waals surface area contributed by atoms with Gasteiger partial charge >= 0.3 is 0 Å². The van der Waals surface area contributed by atoms with Gasteiger partial charge in [0.2, 0.25) is 0 Å². The van der Waals surface area contributed by atoms with Crippen molar-refractivity contribution in [2.45, 2.75) is 25.8 Å². The van der Waals surface area contributed by atoms with Gasteiger partial charge in [-0.05, 0) is 45.0 Å². The molecule has 1 aromatic heterocycles. The lowest BCUT2D eigenvalue weighted by molar-refractivity contribution is 0.247. The topological polar surface area (TPSA) is 69.2 Å². The molecule has 5 heteroatoms. The molecule has 1 fully saturated rings. The summed E-state index contributed by atoms with van der Waals surface area (Å²) in [7, 11) is 4.20. The predicted molar refractivity (Wildman–Crippen MR) is 78.9 cm³/mol. The lowest BCUT2D eigenvalue weighted by Gasteiger charge is -2.37. The van der Waals surface area contributed by atoms with Gasteiger partial charge in [-0.15, -0.1) is 0 Å². The van der Waals surface area contributed by atoms with Gasteiger partial charge in [-0.25, -0.2) is 4.98 Å². The summed E-state index contributed by atoms with van der Waals surface area (Å²) in [6, 6.07) is 2.34. The molecule has 1 unspecified atom stereocenters. The van der Waals surface area contributed by atoms with E-state index in [0.29, 0.717) is 6.04 Å². The Balaban J connectivity index is 2.30. The molecule has 0 radical (unpaired) electrons. The minimum Gasteiger partial charge on any atom is -0.384 e. The van der Waals surface area contributed by atoms with Gasteiger partial charge in [0.1, 0.15) is 11.7 Å². The van der Waals surface area contributed by atoms with E-state index in [1.54, 1.807) is 6.20 Å². The van der Waals surface area contributed by atoms with Gasteiger partial charge in [0, 0.05) is 25.8 Å². The van der Waals surface area contributed by atoms with Crippen LogP contribution in [0.5, 0.6) is 0 Å². The van der Waals surface area contributed by atoms with Crippen LogP contribution in [0.2, 0.25) is 0 Å². The fraction of sp³-hybridized carbons (Fsp3) is 0.571. The second kappa shape index (κ2) is 5.57. The number of nitrogens with one attached hydrogen (secondary N) is 1. The number of likely N-dealkylation sites (tertiary alicyclic amines) is 1. The number of hydrogen-bond acceptors (Lipinski definition) is 4. The van der Waals surface area contributed by atoms with Crippen LogP contribution in [0, 0.1) is 12.3 Å². The van der Waals surface area contributed by atoms with Gasteiger partial charge < -0.3 is 15.5 Å². The number of aryl methyl sites for hydroxylation is 1. The van der Waals surface area contributed by atoms with Crippen molar-refractivity contribution in [1.29, 1.82) is 5.41 Å². The van der Waals surface area contributed by atoms with Crippen LogP contribution in [-0.2, 0) is 0 Å². The Morgan fingerprint density at radius 3 is 2.95 bits per heavy atom. The first-order chi connectivity index (χ1) is 9.00. The number of nitrogen functional groups attached to an aromatic ring is 1. The lowest BCUT2D eigenvalue weighted by Crippen LogP contribution is -2.46. The molecule has 0 aromatic carbocycles. The molecule has 3 N–H and O–H groups in total. The van der Waals surface area contributed by atoms with Crippen LogP contribution in [0.25, 0.3) is 0 Å². The molecule has 1 saturated heterocycles. The average molecular weight is 261 g/mol. The van der Waals surface area contributed by atoms with Gasteiger partial charge in [0.05, 0.1) is 5.56 Å². The molecule has 0 saturated carbocycles. The number of rotatable bonds is 3. The molecule has 1 atom stereocenters. The Kier molecular flexibility index (Phi) is 4.04. The normalized spacial score (nSPS) is 20.3. The first kappa shape index (κ1) is 13.8. The van der Waals surface area contributed by atoms with Gasteiger partial charge in [-0.3, -0.25) is 5.41 Å². The molecular formula is C14H23N5. The number of pyridine rings is 1. The average Bonchev–Trinajstić information content (AvgIpc) is 2.37. The number of likely N-dealkylation sites (N-methyl/N-ethyl adjacent to an activating group) is 2. The summed E-state index contributed by atoms with van der Waals surface area (Å²) >= 11 is 0. The maximum absolute atomic E-state index is 7.76. The summed E-state index contributed by atoms with van der Waals surface area (Å²) in [5, 5.41) is 7.76. The van der Waals surface area contributed by atoms with E-state index in [9.17, 15) is 0 Å². The first-order valence-corrected chi connectivity index (χ1v) is 6.72. The Hall–Kier alpha value is -1.62. The summed E-state index contributed by atoms with van der Waals surface area (Å²) in [5.41, 5.74) is 7.49. The molecule has 0 aliphatic carbocycles. The summed E-state index contributed by atoms with van der Waals surface area (Å²) in [6.45, 7) is 4.16. The van der Waals surface area contributed by atoms with Crippen LogP contribution < -0.4 is 10.6 Å². The van der Waals surface area contributed by atoms with E-state index in [-0.39, 0.29) is 5.84 Å². The molecule has 1 aliphatic heterocycles. The zero-order valence-corrected chi connectivity index (χ0v) is 12.0. The van der Waals surface area contributed by atoms with E-state index in [0.717, 1.165) is 36.5 Å². The Labute approximate surface area is 114 Å². The lowest BCUT2D eigenvalue weighted by atomic mass is 10.0. The van der Waals surface area contributed by atoms with Crippen molar-refractivity contribution in [3.8, 4) is 0 Å². The molecule has 104 valence electrons. The Morgan fingerprint density at radius 2 is 2.32 bits per heavy atom. The van der Waals surface area contributed by atoms with Crippen molar-refractivity contribution in [2.24, 2.45) is 5.73 Å². The third kappa shape index (κ3) is 2.87. The molecule has 0 bridgehead atoms. The number of amidine groups is 1. The van der Waals surface area contributed by atoms with Crippen molar-refractivity contribution >= 4 is 11.7 Å². The number of nitrogens with zero attached hydrogens (tertiary/aromatic N) is 3. The molecule has 2 rings (SSSR count). The SMILES string of the molecule is Cc1ccnc(N(C)C2CCCN(C)C2)c1C(=N)N. The number of piperidine rings is 1. The smallest absolute Gasteiger partial charge is 0.139 e. The van der Waals surface area contributed by atoms with Crippen LogP contribution in [-0.4, -0.2) is 48.9 Å². The fourth-order valence-electron chi connectivity index (χ4n) is 2.77. The van der Waals surface area contributed by atoms with E-state index in [1.165, 1.54) is 6.42 Å². The third-order valence-electron chi connectivity index (χ3n) is 3.89. The maximum Gasteiger partial charge on any atom is 0.139 e. The van der Waals surface area contributed by atoms with Gasteiger partial charge in [0.15, 0.2) is 0 Å². The largest absolute Gasteiger partial charge is 0.384 e. The Morgan fingerprint density at radius 1 is 1.58 bits per heavy atom. The molecule has 0 amide bonds. The fourth-order valence-corrected chi connectivity index (χ4v) is 2.77. The van der Waals surface area contributed by atoms with Crippen LogP contribution in [0.4, 0.5) is 5.82 Å². The summed E-state index contributed by atoms with van der Waals surface area (Å²) in [6.07, 6.45) is 4.15. The van der Waals surface area contributed by atoms with Gasteiger partial charge in [0.25, 0.3) is 0 Å². The van der Waals surface area contributed by atoms with Crippen molar-refractivity contribution in [3.63, 3.8) is 0 Å². The van der Waals surface area contributed by atoms with Gasteiger partial charge in [-0.1, -0.05) is 0 Å². The highest BCUT2D eigenvalue weighted by atomic mass is 15.2. The van der Waals surface area contributed by atoms with E-state index in [1.807, 2.05) is 13.0 Å². The second-order valence-corrected chi connectivity index (χ2v) is 5.41. The minimum atomic E-state index is 0.0941. The van der Waals surface area contributed by atoms with E-state index >= 15 is 0 Å². The summed E-state index contributed by atoms with van der Waals surface area (Å²) < 4.78 is 0. The van der Waals surface area contributed by atoms with Gasteiger partial charge in [-0.2, -0.15) is 0 Å². The minimum absolute atomic E-state index is 0.0941. The molecular weight excluding hydrogens is 238 g/mol. The van der Waals surface area contributed by atoms with Crippen LogP contribution in [0.15, 0.2) is 12.3 Å². The third-order valence-corrected chi connectivity index (χ3v) is 3.89. The quantitative estimate of drug-likeness (QED) is 0.634. The van der Waals surface area contributed by atoms with Crippen LogP contribution >= 0.6 is 0 Å². The highest BCUT2D eigenvalue weighted by Gasteiger charge is 2.24. The Bertz CT molecular complexity index is 471. The molecule has 0 spiro atoms. The first-order valence-electron chi connectivity index (χ1n) is 6.72. The van der Waals surface area contributed by atoms with E-state index < -0.39 is 0 Å². The molecule has 1 aromatic rings. The molecule has 2 heterocycles.